The molecule has 3 aromatic rings. The Bertz CT molecular complexity index is 1010. The third-order valence-corrected chi connectivity index (χ3v) is 5.17. The van der Waals surface area contributed by atoms with Crippen molar-refractivity contribution < 1.29 is 18.8 Å². The van der Waals surface area contributed by atoms with Crippen molar-refractivity contribution in [3.05, 3.63) is 60.2 Å². The molecule has 0 N–H and O–H groups in total. The summed E-state index contributed by atoms with van der Waals surface area (Å²) in [5, 5.41) is 4.03. The van der Waals surface area contributed by atoms with Gasteiger partial charge in [0, 0.05) is 29.8 Å². The molecule has 4 rings (SSSR count). The summed E-state index contributed by atoms with van der Waals surface area (Å²) in [5.74, 6) is 0.344. The number of piperidine rings is 1. The first-order valence-corrected chi connectivity index (χ1v) is 10.1. The van der Waals surface area contributed by atoms with Crippen LogP contribution in [0.5, 0.6) is 0 Å². The second kappa shape index (κ2) is 8.90. The number of rotatable bonds is 5. The first kappa shape index (κ1) is 19.8. The molecule has 0 spiro atoms. The van der Waals surface area contributed by atoms with E-state index in [2.05, 4.69) is 10.1 Å². The first-order valence-electron chi connectivity index (χ1n) is 10.1. The highest BCUT2D eigenvalue weighted by molar-refractivity contribution is 5.95. The molecule has 1 aliphatic rings. The second-order valence-corrected chi connectivity index (χ2v) is 7.21. The van der Waals surface area contributed by atoms with Gasteiger partial charge in [0.1, 0.15) is 0 Å². The van der Waals surface area contributed by atoms with Gasteiger partial charge in [-0.1, -0.05) is 35.5 Å². The maximum atomic E-state index is 12.9. The molecule has 7 heteroatoms. The highest BCUT2D eigenvalue weighted by Gasteiger charge is 2.29. The number of hydrogen-bond donors (Lipinski definition) is 0. The lowest BCUT2D eigenvalue weighted by molar-refractivity contribution is -0.149. The zero-order valence-electron chi connectivity index (χ0n) is 16.8. The predicted molar refractivity (Wildman–Crippen MR) is 110 cm³/mol. The molecule has 30 heavy (non-hydrogen) atoms. The van der Waals surface area contributed by atoms with Gasteiger partial charge in [0.15, 0.2) is 0 Å². The number of hydrogen-bond acceptors (Lipinski definition) is 6. The molecule has 1 fully saturated rings. The van der Waals surface area contributed by atoms with Crippen molar-refractivity contribution in [2.24, 2.45) is 5.92 Å². The Labute approximate surface area is 174 Å². The number of carbonyl (C=O) groups excluding carboxylic acids is 2. The summed E-state index contributed by atoms with van der Waals surface area (Å²) in [5.41, 5.74) is 2.18. The Balaban J connectivity index is 1.45. The van der Waals surface area contributed by atoms with E-state index in [-0.39, 0.29) is 17.8 Å². The first-order chi connectivity index (χ1) is 14.7. The lowest BCUT2D eigenvalue weighted by atomic mass is 9.97. The monoisotopic (exact) mass is 405 g/mol. The molecule has 1 unspecified atom stereocenters. The molecule has 2 aromatic carbocycles. The van der Waals surface area contributed by atoms with E-state index in [4.69, 9.17) is 9.26 Å². The van der Waals surface area contributed by atoms with Crippen LogP contribution in [0, 0.1) is 5.92 Å². The van der Waals surface area contributed by atoms with Gasteiger partial charge < -0.3 is 14.2 Å². The number of carbonyl (C=O) groups is 2. The van der Waals surface area contributed by atoms with E-state index < -0.39 is 0 Å². The van der Waals surface area contributed by atoms with Crippen LogP contribution < -0.4 is 0 Å². The Hall–Kier alpha value is -3.48. The summed E-state index contributed by atoms with van der Waals surface area (Å²) >= 11 is 0. The van der Waals surface area contributed by atoms with Crippen LogP contribution in [-0.2, 0) is 9.53 Å². The van der Waals surface area contributed by atoms with Gasteiger partial charge >= 0.3 is 5.97 Å². The molecular weight excluding hydrogens is 382 g/mol. The standard InChI is InChI=1S/C23H23N3O4/c1-2-29-23(28)19-9-6-14-26(15-19)22(27)18-12-10-17(11-13-18)21-24-20(25-30-21)16-7-4-3-5-8-16/h3-5,7-8,10-13,19H,2,6,9,14-15H2,1H3. The van der Waals surface area contributed by atoms with Crippen LogP contribution >= 0.6 is 0 Å². The van der Waals surface area contributed by atoms with Crippen molar-refractivity contribution in [3.8, 4) is 22.8 Å². The highest BCUT2D eigenvalue weighted by atomic mass is 16.5. The molecule has 1 aliphatic heterocycles. The number of aromatic nitrogens is 2. The van der Waals surface area contributed by atoms with Gasteiger partial charge in [-0.25, -0.2) is 0 Å². The Kier molecular flexibility index (Phi) is 5.88. The molecule has 154 valence electrons. The molecule has 0 aliphatic carbocycles. The number of benzene rings is 2. The van der Waals surface area contributed by atoms with E-state index in [1.165, 1.54) is 0 Å². The van der Waals surface area contributed by atoms with E-state index in [0.29, 0.717) is 37.0 Å². The maximum absolute atomic E-state index is 12.9. The quantitative estimate of drug-likeness (QED) is 0.600. The minimum Gasteiger partial charge on any atom is -0.466 e. The molecular formula is C23H23N3O4. The third-order valence-electron chi connectivity index (χ3n) is 5.17. The van der Waals surface area contributed by atoms with Gasteiger partial charge in [-0.05, 0) is 44.0 Å². The summed E-state index contributed by atoms with van der Waals surface area (Å²) in [6, 6.07) is 16.7. The van der Waals surface area contributed by atoms with Crippen molar-refractivity contribution in [1.29, 1.82) is 0 Å². The number of likely N-dealkylation sites (tertiary alicyclic amines) is 1. The SMILES string of the molecule is CCOC(=O)C1CCCN(C(=O)c2ccc(-c3nc(-c4ccccc4)no3)cc2)C1. The van der Waals surface area contributed by atoms with Gasteiger partial charge in [0.2, 0.25) is 5.82 Å². The van der Waals surface area contributed by atoms with E-state index >= 15 is 0 Å². The Morgan fingerprint density at radius 1 is 1.10 bits per heavy atom. The summed E-state index contributed by atoms with van der Waals surface area (Å²) in [4.78, 5) is 31.1. The van der Waals surface area contributed by atoms with Crippen LogP contribution in [0.2, 0.25) is 0 Å². The lowest BCUT2D eigenvalue weighted by Gasteiger charge is -2.31. The zero-order valence-corrected chi connectivity index (χ0v) is 16.8. The van der Waals surface area contributed by atoms with Crippen LogP contribution in [-0.4, -0.2) is 46.6 Å². The number of ether oxygens (including phenoxy) is 1. The summed E-state index contributed by atoms with van der Waals surface area (Å²) in [6.45, 7) is 3.17. The normalized spacial score (nSPS) is 16.3. The van der Waals surface area contributed by atoms with Crippen LogP contribution in [0.4, 0.5) is 0 Å². The lowest BCUT2D eigenvalue weighted by Crippen LogP contribution is -2.42. The topological polar surface area (TPSA) is 85.5 Å². The number of nitrogens with zero attached hydrogens (tertiary/aromatic N) is 3. The smallest absolute Gasteiger partial charge is 0.310 e. The third kappa shape index (κ3) is 4.25. The van der Waals surface area contributed by atoms with Gasteiger partial charge in [0.05, 0.1) is 12.5 Å². The predicted octanol–water partition coefficient (Wildman–Crippen LogP) is 3.82. The van der Waals surface area contributed by atoms with Crippen LogP contribution in [0.25, 0.3) is 22.8 Å². The van der Waals surface area contributed by atoms with Gasteiger partial charge in [-0.3, -0.25) is 9.59 Å². The van der Waals surface area contributed by atoms with Gasteiger partial charge in [0.25, 0.3) is 11.8 Å². The fourth-order valence-electron chi connectivity index (χ4n) is 3.60. The van der Waals surface area contributed by atoms with Crippen molar-refractivity contribution in [1.82, 2.24) is 15.0 Å². The van der Waals surface area contributed by atoms with Crippen LogP contribution in [0.15, 0.2) is 59.1 Å². The average Bonchev–Trinajstić information content (AvgIpc) is 3.30. The minimum absolute atomic E-state index is 0.0916. The highest BCUT2D eigenvalue weighted by Crippen LogP contribution is 2.24. The Morgan fingerprint density at radius 3 is 2.60 bits per heavy atom. The molecule has 0 saturated carbocycles. The summed E-state index contributed by atoms with van der Waals surface area (Å²) in [6.07, 6.45) is 1.54. The van der Waals surface area contributed by atoms with Crippen molar-refractivity contribution in [2.75, 3.05) is 19.7 Å². The van der Waals surface area contributed by atoms with Crippen molar-refractivity contribution in [2.45, 2.75) is 19.8 Å². The van der Waals surface area contributed by atoms with E-state index in [9.17, 15) is 9.59 Å². The molecule has 7 nitrogen and oxygen atoms in total. The molecule has 0 bridgehead atoms. The second-order valence-electron chi connectivity index (χ2n) is 7.21. The molecule has 1 amide bonds. The maximum Gasteiger partial charge on any atom is 0.310 e. The van der Waals surface area contributed by atoms with E-state index in [0.717, 1.165) is 24.0 Å². The summed E-state index contributed by atoms with van der Waals surface area (Å²) in [7, 11) is 0. The fraction of sp³-hybridized carbons (Fsp3) is 0.304. The molecule has 1 aromatic heterocycles. The van der Waals surface area contributed by atoms with Crippen LogP contribution in [0.1, 0.15) is 30.1 Å². The van der Waals surface area contributed by atoms with E-state index in [1.54, 1.807) is 36.1 Å². The van der Waals surface area contributed by atoms with E-state index in [1.807, 2.05) is 30.3 Å². The zero-order chi connectivity index (χ0) is 20.9. The molecule has 0 radical (unpaired) electrons. The van der Waals surface area contributed by atoms with Crippen LogP contribution in [0.3, 0.4) is 0 Å². The molecule has 2 heterocycles. The largest absolute Gasteiger partial charge is 0.466 e. The fourth-order valence-corrected chi connectivity index (χ4v) is 3.60. The molecule has 1 atom stereocenters. The van der Waals surface area contributed by atoms with Crippen molar-refractivity contribution in [3.63, 3.8) is 0 Å². The van der Waals surface area contributed by atoms with Gasteiger partial charge in [-0.2, -0.15) is 4.98 Å². The van der Waals surface area contributed by atoms with Crippen molar-refractivity contribution >= 4 is 11.9 Å². The summed E-state index contributed by atoms with van der Waals surface area (Å²) < 4.78 is 10.5. The van der Waals surface area contributed by atoms with Gasteiger partial charge in [-0.15, -0.1) is 0 Å². The Morgan fingerprint density at radius 2 is 1.87 bits per heavy atom. The number of esters is 1. The average molecular weight is 405 g/mol. The number of amides is 1. The minimum atomic E-state index is -0.253. The molecule has 1 saturated heterocycles.